The van der Waals surface area contributed by atoms with Crippen LogP contribution in [0.15, 0.2) is 0 Å². The summed E-state index contributed by atoms with van der Waals surface area (Å²) in [5, 5.41) is 0. The van der Waals surface area contributed by atoms with Crippen molar-refractivity contribution in [1.29, 1.82) is 0 Å². The summed E-state index contributed by atoms with van der Waals surface area (Å²) in [6, 6.07) is 0. The van der Waals surface area contributed by atoms with Crippen LogP contribution in [0, 0.1) is 30.1 Å². The Morgan fingerprint density at radius 2 is 1.78 bits per heavy atom. The number of hydrogen-bond donors (Lipinski definition) is 1. The predicted octanol–water partition coefficient (Wildman–Crippen LogP) is 1.62. The van der Waals surface area contributed by atoms with Crippen molar-refractivity contribution in [3.05, 3.63) is 0 Å². The van der Waals surface area contributed by atoms with E-state index in [9.17, 15) is 4.79 Å². The van der Waals surface area contributed by atoms with Gasteiger partial charge in [0.1, 0.15) is 0 Å². The molecule has 100 valence electrons. The molecule has 0 bridgehead atoms. The van der Waals surface area contributed by atoms with Gasteiger partial charge >= 0.3 is 0 Å². The van der Waals surface area contributed by atoms with Crippen LogP contribution >= 0.6 is 0 Å². The Bertz CT molecular complexity index is 322. The largest absolute Gasteiger partial charge is 0.331 e. The molecule has 3 nitrogen and oxygen atoms in total. The third kappa shape index (κ3) is 3.49. The standard InChI is InChI=1S/C15H24N2O/c1-2-9-17(11-13-3-4-13)15(18)14-7-5-12(10-16)6-8-14/h1,12-14H,3-11,16H2. The number of rotatable bonds is 5. The number of amides is 1. The maximum Gasteiger partial charge on any atom is 0.226 e. The first kappa shape index (κ1) is 13.4. The molecule has 0 radical (unpaired) electrons. The number of carbonyl (C=O) groups is 1. The van der Waals surface area contributed by atoms with E-state index in [1.165, 1.54) is 12.8 Å². The van der Waals surface area contributed by atoms with Crippen molar-refractivity contribution < 1.29 is 4.79 Å². The Kier molecular flexibility index (Phi) is 4.66. The van der Waals surface area contributed by atoms with E-state index in [0.717, 1.165) is 38.8 Å². The average molecular weight is 248 g/mol. The minimum Gasteiger partial charge on any atom is -0.331 e. The van der Waals surface area contributed by atoms with Crippen molar-refractivity contribution in [3.8, 4) is 12.3 Å². The normalized spacial score (nSPS) is 27.6. The highest BCUT2D eigenvalue weighted by atomic mass is 16.2. The lowest BCUT2D eigenvalue weighted by Crippen LogP contribution is -2.39. The quantitative estimate of drug-likeness (QED) is 0.752. The van der Waals surface area contributed by atoms with Gasteiger partial charge < -0.3 is 10.6 Å². The second kappa shape index (κ2) is 6.24. The van der Waals surface area contributed by atoms with Crippen molar-refractivity contribution >= 4 is 5.91 Å². The Balaban J connectivity index is 1.85. The zero-order valence-electron chi connectivity index (χ0n) is 11.1. The van der Waals surface area contributed by atoms with Crippen LogP contribution in [0.4, 0.5) is 0 Å². The fraction of sp³-hybridized carbons (Fsp3) is 0.800. The molecular weight excluding hydrogens is 224 g/mol. The smallest absolute Gasteiger partial charge is 0.226 e. The fourth-order valence-electron chi connectivity index (χ4n) is 2.86. The SMILES string of the molecule is C#CCN(CC1CC1)C(=O)C1CCC(CN)CC1. The lowest BCUT2D eigenvalue weighted by atomic mass is 9.81. The van der Waals surface area contributed by atoms with Gasteiger partial charge in [-0.15, -0.1) is 6.42 Å². The van der Waals surface area contributed by atoms with E-state index in [2.05, 4.69) is 5.92 Å². The lowest BCUT2D eigenvalue weighted by molar-refractivity contribution is -0.136. The first-order valence-corrected chi connectivity index (χ1v) is 7.17. The van der Waals surface area contributed by atoms with Gasteiger partial charge in [-0.05, 0) is 56.9 Å². The maximum absolute atomic E-state index is 12.4. The predicted molar refractivity (Wildman–Crippen MR) is 72.6 cm³/mol. The molecule has 0 aliphatic heterocycles. The molecule has 0 aromatic rings. The number of nitrogens with zero attached hydrogens (tertiary/aromatic N) is 1. The highest BCUT2D eigenvalue weighted by Gasteiger charge is 2.32. The van der Waals surface area contributed by atoms with Gasteiger partial charge in [0.2, 0.25) is 5.91 Å². The summed E-state index contributed by atoms with van der Waals surface area (Å²) >= 11 is 0. The first-order chi connectivity index (χ1) is 8.74. The molecule has 3 heteroatoms. The molecule has 2 aliphatic rings. The number of terminal acetylenes is 1. The molecule has 0 aromatic heterocycles. The number of hydrogen-bond acceptors (Lipinski definition) is 2. The summed E-state index contributed by atoms with van der Waals surface area (Å²) < 4.78 is 0. The summed E-state index contributed by atoms with van der Waals surface area (Å²) in [6.45, 7) is 2.11. The topological polar surface area (TPSA) is 46.3 Å². The Labute approximate surface area is 110 Å². The van der Waals surface area contributed by atoms with Gasteiger partial charge in [0.15, 0.2) is 0 Å². The van der Waals surface area contributed by atoms with Crippen LogP contribution < -0.4 is 5.73 Å². The van der Waals surface area contributed by atoms with E-state index in [0.29, 0.717) is 18.4 Å². The van der Waals surface area contributed by atoms with Crippen molar-refractivity contribution in [1.82, 2.24) is 4.90 Å². The van der Waals surface area contributed by atoms with E-state index < -0.39 is 0 Å². The van der Waals surface area contributed by atoms with E-state index >= 15 is 0 Å². The summed E-state index contributed by atoms with van der Waals surface area (Å²) in [7, 11) is 0. The van der Waals surface area contributed by atoms with Gasteiger partial charge in [-0.25, -0.2) is 0 Å². The van der Waals surface area contributed by atoms with E-state index in [-0.39, 0.29) is 11.8 Å². The second-order valence-corrected chi connectivity index (χ2v) is 5.82. The highest BCUT2D eigenvalue weighted by Crippen LogP contribution is 2.32. The number of carbonyl (C=O) groups excluding carboxylic acids is 1. The van der Waals surface area contributed by atoms with Crippen molar-refractivity contribution in [2.45, 2.75) is 38.5 Å². The summed E-state index contributed by atoms with van der Waals surface area (Å²) in [5.41, 5.74) is 5.68. The Morgan fingerprint density at radius 1 is 1.17 bits per heavy atom. The molecule has 0 spiro atoms. The van der Waals surface area contributed by atoms with Gasteiger partial charge in [0, 0.05) is 12.5 Å². The minimum absolute atomic E-state index is 0.194. The van der Waals surface area contributed by atoms with Crippen LogP contribution in [0.2, 0.25) is 0 Å². The molecule has 2 aliphatic carbocycles. The van der Waals surface area contributed by atoms with Crippen LogP contribution in [0.3, 0.4) is 0 Å². The first-order valence-electron chi connectivity index (χ1n) is 7.17. The van der Waals surface area contributed by atoms with Gasteiger partial charge in [-0.1, -0.05) is 5.92 Å². The van der Waals surface area contributed by atoms with Crippen molar-refractivity contribution in [3.63, 3.8) is 0 Å². The molecule has 2 saturated carbocycles. The van der Waals surface area contributed by atoms with Gasteiger partial charge in [-0.2, -0.15) is 0 Å². The van der Waals surface area contributed by atoms with Gasteiger partial charge in [0.25, 0.3) is 0 Å². The van der Waals surface area contributed by atoms with Crippen LogP contribution in [0.25, 0.3) is 0 Å². The van der Waals surface area contributed by atoms with Gasteiger partial charge in [-0.3, -0.25) is 4.79 Å². The molecule has 2 rings (SSSR count). The molecule has 2 N–H and O–H groups in total. The van der Waals surface area contributed by atoms with Crippen LogP contribution in [-0.4, -0.2) is 30.4 Å². The molecule has 0 unspecified atom stereocenters. The zero-order valence-corrected chi connectivity index (χ0v) is 11.1. The molecule has 2 fully saturated rings. The van der Waals surface area contributed by atoms with Gasteiger partial charge in [0.05, 0.1) is 6.54 Å². The van der Waals surface area contributed by atoms with E-state index in [4.69, 9.17) is 12.2 Å². The van der Waals surface area contributed by atoms with Crippen LogP contribution in [0.5, 0.6) is 0 Å². The molecule has 0 aromatic carbocycles. The van der Waals surface area contributed by atoms with Crippen LogP contribution in [0.1, 0.15) is 38.5 Å². The molecule has 1 amide bonds. The minimum atomic E-state index is 0.194. The molecule has 0 saturated heterocycles. The molecule has 0 heterocycles. The number of nitrogens with two attached hydrogens (primary N) is 1. The van der Waals surface area contributed by atoms with Crippen molar-refractivity contribution in [2.75, 3.05) is 19.6 Å². The third-order valence-corrected chi connectivity index (χ3v) is 4.30. The highest BCUT2D eigenvalue weighted by molar-refractivity contribution is 5.79. The summed E-state index contributed by atoms with van der Waals surface area (Å²) in [6.07, 6.45) is 12.1. The van der Waals surface area contributed by atoms with E-state index in [1.807, 2.05) is 4.90 Å². The second-order valence-electron chi connectivity index (χ2n) is 5.82. The fourth-order valence-corrected chi connectivity index (χ4v) is 2.86. The summed E-state index contributed by atoms with van der Waals surface area (Å²) in [5.74, 6) is 4.44. The zero-order chi connectivity index (χ0) is 13.0. The molecule has 0 atom stereocenters. The lowest BCUT2D eigenvalue weighted by Gasteiger charge is -2.31. The van der Waals surface area contributed by atoms with Crippen LogP contribution in [-0.2, 0) is 4.79 Å². The molecular formula is C15H24N2O. The molecule has 18 heavy (non-hydrogen) atoms. The Morgan fingerprint density at radius 3 is 2.28 bits per heavy atom. The summed E-state index contributed by atoms with van der Waals surface area (Å²) in [4.78, 5) is 14.4. The maximum atomic E-state index is 12.4. The van der Waals surface area contributed by atoms with E-state index in [1.54, 1.807) is 0 Å². The van der Waals surface area contributed by atoms with Crippen molar-refractivity contribution in [2.24, 2.45) is 23.5 Å². The third-order valence-electron chi connectivity index (χ3n) is 4.30. The monoisotopic (exact) mass is 248 g/mol. The Hall–Kier alpha value is -1.01. The average Bonchev–Trinajstić information content (AvgIpc) is 3.21.